The summed E-state index contributed by atoms with van der Waals surface area (Å²) in [7, 11) is 0. The number of hydrogen-bond donors (Lipinski definition) is 1. The topological polar surface area (TPSA) is 69.7 Å². The molecule has 6 nitrogen and oxygen atoms in total. The molecule has 2 saturated heterocycles. The second-order valence-corrected chi connectivity index (χ2v) is 8.01. The van der Waals surface area contributed by atoms with Crippen LogP contribution in [-0.2, 0) is 9.59 Å². The standard InChI is InChI=1S/C22H19Cl2N3O3/c23-18-9-8-16(13-19(18)24)27-21(29)17(20(28)25-22(27)30)12-14-4-6-15(7-5-14)26-10-2-1-3-11-26/h4-9,12-13H,1-3,10-11H2,(H,25,28,30)/b17-12+. The number of urea groups is 1. The third kappa shape index (κ3) is 4.06. The van der Waals surface area contributed by atoms with Gasteiger partial charge in [0.15, 0.2) is 0 Å². The summed E-state index contributed by atoms with van der Waals surface area (Å²) in [5.41, 5.74) is 1.90. The van der Waals surface area contributed by atoms with Crippen molar-refractivity contribution in [3.63, 3.8) is 0 Å². The Bertz CT molecular complexity index is 1040. The van der Waals surface area contributed by atoms with E-state index in [4.69, 9.17) is 23.2 Å². The number of benzene rings is 2. The molecule has 0 aliphatic carbocycles. The minimum atomic E-state index is -0.832. The third-order valence-corrected chi connectivity index (χ3v) is 5.93. The molecule has 8 heteroatoms. The first kappa shape index (κ1) is 20.4. The first-order valence-corrected chi connectivity index (χ1v) is 10.4. The van der Waals surface area contributed by atoms with Gasteiger partial charge in [-0.05, 0) is 61.2 Å². The lowest BCUT2D eigenvalue weighted by Gasteiger charge is -2.29. The summed E-state index contributed by atoms with van der Waals surface area (Å²) in [6, 6.07) is 11.2. The number of piperidine rings is 1. The molecule has 2 aliphatic heterocycles. The lowest BCUT2D eigenvalue weighted by Crippen LogP contribution is -2.54. The van der Waals surface area contributed by atoms with Gasteiger partial charge in [-0.25, -0.2) is 9.69 Å². The maximum atomic E-state index is 13.0. The van der Waals surface area contributed by atoms with Crippen LogP contribution in [0.4, 0.5) is 16.2 Å². The van der Waals surface area contributed by atoms with Gasteiger partial charge in [-0.1, -0.05) is 35.3 Å². The molecule has 0 aromatic heterocycles. The Hall–Kier alpha value is -2.83. The van der Waals surface area contributed by atoms with E-state index >= 15 is 0 Å². The molecule has 4 rings (SSSR count). The minimum Gasteiger partial charge on any atom is -0.372 e. The van der Waals surface area contributed by atoms with E-state index in [1.807, 2.05) is 24.3 Å². The average molecular weight is 444 g/mol. The van der Waals surface area contributed by atoms with Gasteiger partial charge >= 0.3 is 6.03 Å². The van der Waals surface area contributed by atoms with Crippen LogP contribution in [0.2, 0.25) is 10.0 Å². The molecule has 30 heavy (non-hydrogen) atoms. The number of anilines is 2. The number of carbonyl (C=O) groups excluding carboxylic acids is 3. The second kappa shape index (κ2) is 8.50. The summed E-state index contributed by atoms with van der Waals surface area (Å²) in [6.07, 6.45) is 5.10. The zero-order valence-corrected chi connectivity index (χ0v) is 17.5. The molecule has 154 valence electrons. The van der Waals surface area contributed by atoms with E-state index in [0.29, 0.717) is 10.6 Å². The van der Waals surface area contributed by atoms with E-state index in [0.717, 1.165) is 23.7 Å². The van der Waals surface area contributed by atoms with Gasteiger partial charge in [0.25, 0.3) is 11.8 Å². The smallest absolute Gasteiger partial charge is 0.335 e. The number of halogens is 2. The number of carbonyl (C=O) groups is 3. The van der Waals surface area contributed by atoms with Gasteiger partial charge < -0.3 is 4.90 Å². The van der Waals surface area contributed by atoms with Gasteiger partial charge in [-0.3, -0.25) is 14.9 Å². The maximum absolute atomic E-state index is 13.0. The van der Waals surface area contributed by atoms with Crippen LogP contribution in [0.15, 0.2) is 48.0 Å². The molecule has 0 bridgehead atoms. The van der Waals surface area contributed by atoms with E-state index in [1.165, 1.54) is 43.5 Å². The Morgan fingerprint density at radius 2 is 1.50 bits per heavy atom. The molecular formula is C22H19Cl2N3O3. The van der Waals surface area contributed by atoms with Crippen molar-refractivity contribution in [2.75, 3.05) is 22.9 Å². The molecule has 2 heterocycles. The molecule has 0 radical (unpaired) electrons. The number of nitrogens with one attached hydrogen (secondary N) is 1. The number of nitrogens with zero attached hydrogens (tertiary/aromatic N) is 2. The van der Waals surface area contributed by atoms with Crippen molar-refractivity contribution in [2.24, 2.45) is 0 Å². The number of barbiturate groups is 1. The summed E-state index contributed by atoms with van der Waals surface area (Å²) in [4.78, 5) is 40.8. The average Bonchev–Trinajstić information content (AvgIpc) is 2.74. The number of hydrogen-bond acceptors (Lipinski definition) is 4. The van der Waals surface area contributed by atoms with Crippen LogP contribution in [0.5, 0.6) is 0 Å². The van der Waals surface area contributed by atoms with Crippen LogP contribution in [0.25, 0.3) is 6.08 Å². The quantitative estimate of drug-likeness (QED) is 0.553. The SMILES string of the molecule is O=C1NC(=O)N(c2ccc(Cl)c(Cl)c2)C(=O)/C1=C/c1ccc(N2CCCCC2)cc1. The lowest BCUT2D eigenvalue weighted by molar-refractivity contribution is -0.122. The highest BCUT2D eigenvalue weighted by molar-refractivity contribution is 6.43. The molecule has 2 aliphatic rings. The normalized spacial score (nSPS) is 18.7. The Morgan fingerprint density at radius 3 is 2.17 bits per heavy atom. The van der Waals surface area contributed by atoms with E-state index in [9.17, 15) is 14.4 Å². The van der Waals surface area contributed by atoms with Gasteiger partial charge in [-0.15, -0.1) is 0 Å². The summed E-state index contributed by atoms with van der Waals surface area (Å²) in [5, 5.41) is 2.70. The molecule has 0 spiro atoms. The van der Waals surface area contributed by atoms with Gasteiger partial charge in [0.1, 0.15) is 5.57 Å². The Kier molecular flexibility index (Phi) is 5.79. The maximum Gasteiger partial charge on any atom is 0.335 e. The number of rotatable bonds is 3. The largest absolute Gasteiger partial charge is 0.372 e. The number of amides is 4. The van der Waals surface area contributed by atoms with Crippen molar-refractivity contribution in [3.8, 4) is 0 Å². The first-order valence-electron chi connectivity index (χ1n) is 9.65. The molecule has 0 saturated carbocycles. The fraction of sp³-hybridized carbons (Fsp3) is 0.227. The summed E-state index contributed by atoms with van der Waals surface area (Å²) in [6.45, 7) is 2.06. The summed E-state index contributed by atoms with van der Waals surface area (Å²) < 4.78 is 0. The fourth-order valence-corrected chi connectivity index (χ4v) is 3.91. The van der Waals surface area contributed by atoms with Crippen molar-refractivity contribution >= 4 is 58.5 Å². The van der Waals surface area contributed by atoms with Crippen LogP contribution in [-0.4, -0.2) is 30.9 Å². The predicted octanol–water partition coefficient (Wildman–Crippen LogP) is 4.65. The highest BCUT2D eigenvalue weighted by atomic mass is 35.5. The fourth-order valence-electron chi connectivity index (χ4n) is 3.62. The van der Waals surface area contributed by atoms with E-state index < -0.39 is 17.8 Å². The van der Waals surface area contributed by atoms with Crippen molar-refractivity contribution in [1.29, 1.82) is 0 Å². The Labute approximate surface area is 184 Å². The van der Waals surface area contributed by atoms with Crippen LogP contribution in [0.1, 0.15) is 24.8 Å². The molecule has 2 aromatic carbocycles. The molecular weight excluding hydrogens is 425 g/mol. The molecule has 1 N–H and O–H groups in total. The van der Waals surface area contributed by atoms with Crippen molar-refractivity contribution < 1.29 is 14.4 Å². The van der Waals surface area contributed by atoms with Gasteiger partial charge in [0.05, 0.1) is 15.7 Å². The van der Waals surface area contributed by atoms with Crippen molar-refractivity contribution in [2.45, 2.75) is 19.3 Å². The van der Waals surface area contributed by atoms with Crippen molar-refractivity contribution in [1.82, 2.24) is 5.32 Å². The second-order valence-electron chi connectivity index (χ2n) is 7.20. The summed E-state index contributed by atoms with van der Waals surface area (Å²) in [5.74, 6) is -1.45. The van der Waals surface area contributed by atoms with Crippen LogP contribution in [0.3, 0.4) is 0 Å². The molecule has 2 aromatic rings. The third-order valence-electron chi connectivity index (χ3n) is 5.19. The van der Waals surface area contributed by atoms with Crippen molar-refractivity contribution in [3.05, 3.63) is 63.6 Å². The van der Waals surface area contributed by atoms with Crippen LogP contribution in [0, 0.1) is 0 Å². The highest BCUT2D eigenvalue weighted by Gasteiger charge is 2.37. The zero-order valence-electron chi connectivity index (χ0n) is 16.0. The number of imide groups is 2. The highest BCUT2D eigenvalue weighted by Crippen LogP contribution is 2.29. The Balaban J connectivity index is 1.61. The van der Waals surface area contributed by atoms with E-state index in [2.05, 4.69) is 10.2 Å². The predicted molar refractivity (Wildman–Crippen MR) is 118 cm³/mol. The Morgan fingerprint density at radius 1 is 0.833 bits per heavy atom. The first-order chi connectivity index (χ1) is 14.4. The van der Waals surface area contributed by atoms with Gasteiger partial charge in [0.2, 0.25) is 0 Å². The monoisotopic (exact) mass is 443 g/mol. The van der Waals surface area contributed by atoms with Crippen LogP contribution >= 0.6 is 23.2 Å². The summed E-state index contributed by atoms with van der Waals surface area (Å²) >= 11 is 11.9. The van der Waals surface area contributed by atoms with E-state index in [-0.39, 0.29) is 16.3 Å². The molecule has 4 amide bonds. The zero-order chi connectivity index (χ0) is 21.3. The molecule has 0 unspecified atom stereocenters. The molecule has 2 fully saturated rings. The molecule has 0 atom stereocenters. The van der Waals surface area contributed by atoms with Crippen LogP contribution < -0.4 is 15.1 Å². The van der Waals surface area contributed by atoms with Gasteiger partial charge in [0, 0.05) is 18.8 Å². The van der Waals surface area contributed by atoms with Gasteiger partial charge in [-0.2, -0.15) is 0 Å². The lowest BCUT2D eigenvalue weighted by atomic mass is 10.1. The minimum absolute atomic E-state index is 0.133. The van der Waals surface area contributed by atoms with E-state index in [1.54, 1.807) is 0 Å².